The van der Waals surface area contributed by atoms with Crippen molar-refractivity contribution in [2.24, 2.45) is 5.92 Å². The molecule has 0 aliphatic heterocycles. The Labute approximate surface area is 114 Å². The van der Waals surface area contributed by atoms with Crippen molar-refractivity contribution < 1.29 is 18.7 Å². The third-order valence-electron chi connectivity index (χ3n) is 3.40. The monoisotopic (exact) mass is 289 g/mol. The van der Waals surface area contributed by atoms with E-state index < -0.39 is 23.6 Å². The molecule has 0 aromatic heterocycles. The molecule has 0 radical (unpaired) electrons. The lowest BCUT2D eigenvalue weighted by Gasteiger charge is -2.15. The highest BCUT2D eigenvalue weighted by molar-refractivity contribution is 6.33. The first-order valence-corrected chi connectivity index (χ1v) is 6.47. The normalized spacial score (nSPS) is 22.5. The van der Waals surface area contributed by atoms with Crippen LogP contribution in [0.4, 0.5) is 8.78 Å². The maximum atomic E-state index is 13.1. The van der Waals surface area contributed by atoms with E-state index in [-0.39, 0.29) is 16.5 Å². The summed E-state index contributed by atoms with van der Waals surface area (Å²) in [6.07, 6.45) is 2.08. The minimum Gasteiger partial charge on any atom is -0.393 e. The van der Waals surface area contributed by atoms with E-state index >= 15 is 0 Å². The van der Waals surface area contributed by atoms with Crippen molar-refractivity contribution in [3.63, 3.8) is 0 Å². The third-order valence-corrected chi connectivity index (χ3v) is 3.71. The highest BCUT2D eigenvalue weighted by Gasteiger charge is 2.26. The van der Waals surface area contributed by atoms with Gasteiger partial charge in [0.15, 0.2) is 11.6 Å². The van der Waals surface area contributed by atoms with E-state index in [0.717, 1.165) is 31.4 Å². The summed E-state index contributed by atoms with van der Waals surface area (Å²) in [5.74, 6) is -2.76. The molecule has 6 heteroatoms. The molecule has 2 atom stereocenters. The topological polar surface area (TPSA) is 49.3 Å². The summed E-state index contributed by atoms with van der Waals surface area (Å²) >= 11 is 5.70. The minimum absolute atomic E-state index is 0.00743. The number of amides is 1. The van der Waals surface area contributed by atoms with E-state index in [2.05, 4.69) is 5.32 Å². The maximum absolute atomic E-state index is 13.1. The third kappa shape index (κ3) is 3.22. The molecule has 19 heavy (non-hydrogen) atoms. The van der Waals surface area contributed by atoms with Gasteiger partial charge in [-0.05, 0) is 25.0 Å². The Morgan fingerprint density at radius 3 is 2.68 bits per heavy atom. The van der Waals surface area contributed by atoms with Crippen molar-refractivity contribution >= 4 is 17.5 Å². The van der Waals surface area contributed by atoms with Gasteiger partial charge in [0.1, 0.15) is 0 Å². The molecule has 0 saturated heterocycles. The lowest BCUT2D eigenvalue weighted by atomic mass is 10.1. The number of aliphatic hydroxyl groups excluding tert-OH is 1. The zero-order chi connectivity index (χ0) is 14.0. The number of carbonyl (C=O) groups is 1. The van der Waals surface area contributed by atoms with Crippen LogP contribution < -0.4 is 5.32 Å². The molecule has 3 nitrogen and oxygen atoms in total. The van der Waals surface area contributed by atoms with Gasteiger partial charge in [-0.3, -0.25) is 4.79 Å². The summed E-state index contributed by atoms with van der Waals surface area (Å²) in [6.45, 7) is 0.301. The van der Waals surface area contributed by atoms with E-state index in [1.165, 1.54) is 0 Å². The lowest BCUT2D eigenvalue weighted by molar-refractivity contribution is 0.0916. The van der Waals surface area contributed by atoms with Crippen molar-refractivity contribution in [3.05, 3.63) is 34.4 Å². The summed E-state index contributed by atoms with van der Waals surface area (Å²) in [7, 11) is 0. The Kier molecular flexibility index (Phi) is 4.37. The molecular formula is C13H14ClF2NO2. The second kappa shape index (κ2) is 5.84. The van der Waals surface area contributed by atoms with Crippen LogP contribution in [-0.4, -0.2) is 23.7 Å². The second-order valence-corrected chi connectivity index (χ2v) is 5.12. The molecule has 0 heterocycles. The zero-order valence-corrected chi connectivity index (χ0v) is 10.9. The van der Waals surface area contributed by atoms with Crippen LogP contribution in [0.15, 0.2) is 12.1 Å². The average Bonchev–Trinajstić information content (AvgIpc) is 2.76. The zero-order valence-electron chi connectivity index (χ0n) is 10.1. The summed E-state index contributed by atoms with van der Waals surface area (Å²) in [5.41, 5.74) is -0.104. The van der Waals surface area contributed by atoms with Crippen LogP contribution in [-0.2, 0) is 0 Å². The largest absolute Gasteiger partial charge is 0.393 e. The first-order valence-electron chi connectivity index (χ1n) is 6.10. The second-order valence-electron chi connectivity index (χ2n) is 4.71. The van der Waals surface area contributed by atoms with Gasteiger partial charge in [-0.1, -0.05) is 18.0 Å². The molecule has 1 aliphatic carbocycles. The van der Waals surface area contributed by atoms with Gasteiger partial charge in [0.05, 0.1) is 16.7 Å². The van der Waals surface area contributed by atoms with Crippen LogP contribution >= 0.6 is 11.6 Å². The van der Waals surface area contributed by atoms with Gasteiger partial charge in [-0.25, -0.2) is 8.78 Å². The number of benzene rings is 1. The summed E-state index contributed by atoms with van der Waals surface area (Å²) in [4.78, 5) is 11.8. The fourth-order valence-electron chi connectivity index (χ4n) is 2.27. The van der Waals surface area contributed by atoms with Crippen molar-refractivity contribution in [3.8, 4) is 0 Å². The molecule has 1 aliphatic rings. The lowest BCUT2D eigenvalue weighted by Crippen LogP contribution is -2.32. The number of nitrogens with one attached hydrogen (secondary N) is 1. The Balaban J connectivity index is 2.02. The SMILES string of the molecule is O=C(NCC1CCCC1O)c1cc(F)c(F)cc1Cl. The van der Waals surface area contributed by atoms with E-state index in [1.54, 1.807) is 0 Å². The van der Waals surface area contributed by atoms with E-state index in [9.17, 15) is 18.7 Å². The summed E-state index contributed by atoms with van der Waals surface area (Å²) in [6, 6.07) is 1.55. The van der Waals surface area contributed by atoms with Crippen molar-refractivity contribution in [1.82, 2.24) is 5.32 Å². The maximum Gasteiger partial charge on any atom is 0.252 e. The summed E-state index contributed by atoms with van der Waals surface area (Å²) < 4.78 is 26.0. The molecule has 1 aromatic carbocycles. The van der Waals surface area contributed by atoms with E-state index in [4.69, 9.17) is 11.6 Å². The molecule has 2 rings (SSSR count). The van der Waals surface area contributed by atoms with Crippen LogP contribution in [0.25, 0.3) is 0 Å². The van der Waals surface area contributed by atoms with Gasteiger partial charge in [0.2, 0.25) is 0 Å². The predicted molar refractivity (Wildman–Crippen MR) is 67.0 cm³/mol. The van der Waals surface area contributed by atoms with Crippen LogP contribution in [0, 0.1) is 17.6 Å². The smallest absolute Gasteiger partial charge is 0.252 e. The highest BCUT2D eigenvalue weighted by Crippen LogP contribution is 2.25. The number of hydrogen-bond donors (Lipinski definition) is 2. The standard InChI is InChI=1S/C13H14ClF2NO2/c14-9-5-11(16)10(15)4-8(9)13(19)17-6-7-2-1-3-12(7)18/h4-5,7,12,18H,1-3,6H2,(H,17,19). The van der Waals surface area contributed by atoms with Gasteiger partial charge in [0.25, 0.3) is 5.91 Å². The van der Waals surface area contributed by atoms with Gasteiger partial charge in [-0.15, -0.1) is 0 Å². The molecule has 1 fully saturated rings. The fraction of sp³-hybridized carbons (Fsp3) is 0.462. The van der Waals surface area contributed by atoms with Crippen LogP contribution in [0.2, 0.25) is 5.02 Å². The predicted octanol–water partition coefficient (Wildman–Crippen LogP) is 2.51. The van der Waals surface area contributed by atoms with Crippen molar-refractivity contribution in [2.45, 2.75) is 25.4 Å². The first-order chi connectivity index (χ1) is 8.99. The number of hydrogen-bond acceptors (Lipinski definition) is 2. The minimum atomic E-state index is -1.12. The van der Waals surface area contributed by atoms with E-state index in [0.29, 0.717) is 6.54 Å². The first kappa shape index (κ1) is 14.2. The molecular weight excluding hydrogens is 276 g/mol. The Morgan fingerprint density at radius 1 is 1.37 bits per heavy atom. The molecule has 1 amide bonds. The number of aliphatic hydroxyl groups is 1. The fourth-order valence-corrected chi connectivity index (χ4v) is 2.51. The van der Waals surface area contributed by atoms with Gasteiger partial charge in [-0.2, -0.15) is 0 Å². The average molecular weight is 290 g/mol. The van der Waals surface area contributed by atoms with Crippen LogP contribution in [0.5, 0.6) is 0 Å². The molecule has 1 aromatic rings. The molecule has 104 valence electrons. The van der Waals surface area contributed by atoms with Gasteiger partial charge in [0, 0.05) is 12.5 Å². The van der Waals surface area contributed by atoms with Crippen molar-refractivity contribution in [1.29, 1.82) is 0 Å². The molecule has 2 N–H and O–H groups in total. The van der Waals surface area contributed by atoms with Crippen molar-refractivity contribution in [2.75, 3.05) is 6.54 Å². The number of carbonyl (C=O) groups excluding carboxylic acids is 1. The Morgan fingerprint density at radius 2 is 2.05 bits per heavy atom. The molecule has 2 unspecified atom stereocenters. The molecule has 1 saturated carbocycles. The molecule has 0 spiro atoms. The van der Waals surface area contributed by atoms with Gasteiger partial charge < -0.3 is 10.4 Å². The van der Waals surface area contributed by atoms with Crippen LogP contribution in [0.1, 0.15) is 29.6 Å². The highest BCUT2D eigenvalue weighted by atomic mass is 35.5. The summed E-state index contributed by atoms with van der Waals surface area (Å²) in [5, 5.41) is 12.1. The number of halogens is 3. The van der Waals surface area contributed by atoms with E-state index in [1.807, 2.05) is 0 Å². The number of rotatable bonds is 3. The Hall–Kier alpha value is -1.20. The van der Waals surface area contributed by atoms with Crippen LogP contribution in [0.3, 0.4) is 0 Å². The Bertz CT molecular complexity index is 496. The van der Waals surface area contributed by atoms with Gasteiger partial charge >= 0.3 is 0 Å². The molecule has 0 bridgehead atoms. The quantitative estimate of drug-likeness (QED) is 0.840.